The second-order valence-electron chi connectivity index (χ2n) is 3.57. The van der Waals surface area contributed by atoms with E-state index in [4.69, 9.17) is 22.7 Å². The summed E-state index contributed by atoms with van der Waals surface area (Å²) in [5.74, 6) is -0.588. The lowest BCUT2D eigenvalue weighted by molar-refractivity contribution is 0.623. The second-order valence-corrected chi connectivity index (χ2v) is 4.01. The van der Waals surface area contributed by atoms with Gasteiger partial charge in [-0.15, -0.1) is 0 Å². The van der Waals surface area contributed by atoms with Gasteiger partial charge < -0.3 is 5.73 Å². The molecule has 88 valence electrons. The zero-order valence-corrected chi connectivity index (χ0v) is 9.58. The van der Waals surface area contributed by atoms with Crippen LogP contribution in [0.5, 0.6) is 0 Å². The SMILES string of the molecule is N=C(N)c1cc(F)ccc1Cn1cc(Cl)cn1. The maximum absolute atomic E-state index is 13.1. The van der Waals surface area contributed by atoms with Gasteiger partial charge in [0.15, 0.2) is 0 Å². The molecule has 0 saturated carbocycles. The Labute approximate surface area is 102 Å². The van der Waals surface area contributed by atoms with Crippen molar-refractivity contribution < 1.29 is 4.39 Å². The van der Waals surface area contributed by atoms with Crippen molar-refractivity contribution in [1.29, 1.82) is 5.41 Å². The van der Waals surface area contributed by atoms with Gasteiger partial charge in [0.25, 0.3) is 0 Å². The third-order valence-corrected chi connectivity index (χ3v) is 2.49. The second kappa shape index (κ2) is 4.55. The van der Waals surface area contributed by atoms with Crippen molar-refractivity contribution in [3.05, 3.63) is 52.6 Å². The van der Waals surface area contributed by atoms with Crippen LogP contribution in [0.15, 0.2) is 30.6 Å². The zero-order valence-electron chi connectivity index (χ0n) is 8.82. The number of nitrogen functional groups attached to an aromatic ring is 1. The Morgan fingerprint density at radius 3 is 2.88 bits per heavy atom. The molecule has 3 N–H and O–H groups in total. The molecule has 1 heterocycles. The summed E-state index contributed by atoms with van der Waals surface area (Å²) in [6.07, 6.45) is 3.16. The molecule has 0 aliphatic rings. The van der Waals surface area contributed by atoms with Crippen LogP contribution in [-0.4, -0.2) is 15.6 Å². The molecule has 0 atom stereocenters. The lowest BCUT2D eigenvalue weighted by Gasteiger charge is -2.08. The highest BCUT2D eigenvalue weighted by atomic mass is 35.5. The van der Waals surface area contributed by atoms with Crippen LogP contribution in [0.3, 0.4) is 0 Å². The first-order chi connectivity index (χ1) is 8.06. The topological polar surface area (TPSA) is 67.7 Å². The van der Waals surface area contributed by atoms with Gasteiger partial charge in [0, 0.05) is 11.8 Å². The van der Waals surface area contributed by atoms with Crippen molar-refractivity contribution in [2.75, 3.05) is 0 Å². The fourth-order valence-corrected chi connectivity index (χ4v) is 1.69. The molecule has 0 spiro atoms. The number of halogens is 2. The first kappa shape index (κ1) is 11.6. The molecule has 0 bridgehead atoms. The summed E-state index contributed by atoms with van der Waals surface area (Å²) in [6.45, 7) is 0.391. The standard InChI is InChI=1S/C11H10ClFN4/c12-8-4-16-17(6-8)5-7-1-2-9(13)3-10(7)11(14)15/h1-4,6H,5H2,(H3,14,15). The maximum Gasteiger partial charge on any atom is 0.123 e. The zero-order chi connectivity index (χ0) is 12.4. The van der Waals surface area contributed by atoms with Crippen LogP contribution < -0.4 is 5.73 Å². The van der Waals surface area contributed by atoms with E-state index in [-0.39, 0.29) is 5.84 Å². The van der Waals surface area contributed by atoms with Gasteiger partial charge in [0.05, 0.1) is 17.8 Å². The molecule has 0 unspecified atom stereocenters. The molecule has 0 aliphatic carbocycles. The van der Waals surface area contributed by atoms with E-state index in [0.29, 0.717) is 17.1 Å². The van der Waals surface area contributed by atoms with E-state index in [2.05, 4.69) is 5.10 Å². The van der Waals surface area contributed by atoms with Gasteiger partial charge in [-0.1, -0.05) is 17.7 Å². The van der Waals surface area contributed by atoms with Gasteiger partial charge in [-0.05, 0) is 17.7 Å². The molecule has 1 aromatic carbocycles. The maximum atomic E-state index is 13.1. The van der Waals surface area contributed by atoms with E-state index in [0.717, 1.165) is 5.56 Å². The first-order valence-corrected chi connectivity index (χ1v) is 5.25. The fraction of sp³-hybridized carbons (Fsp3) is 0.0909. The Balaban J connectivity index is 2.35. The molecular formula is C11H10ClFN4. The van der Waals surface area contributed by atoms with Crippen LogP contribution in [0.4, 0.5) is 4.39 Å². The summed E-state index contributed by atoms with van der Waals surface area (Å²) >= 11 is 5.74. The minimum Gasteiger partial charge on any atom is -0.384 e. The van der Waals surface area contributed by atoms with Gasteiger partial charge in [0.2, 0.25) is 0 Å². The molecule has 2 aromatic rings. The Kier molecular flexibility index (Phi) is 3.10. The smallest absolute Gasteiger partial charge is 0.123 e. The quantitative estimate of drug-likeness (QED) is 0.648. The van der Waals surface area contributed by atoms with Crippen LogP contribution >= 0.6 is 11.6 Å². The summed E-state index contributed by atoms with van der Waals surface area (Å²) < 4.78 is 14.7. The average Bonchev–Trinajstić information content (AvgIpc) is 2.66. The third kappa shape index (κ3) is 2.62. The minimum atomic E-state index is -0.419. The molecule has 6 heteroatoms. The number of nitrogens with two attached hydrogens (primary N) is 1. The molecule has 0 radical (unpaired) electrons. The van der Waals surface area contributed by atoms with Gasteiger partial charge in [-0.25, -0.2) is 4.39 Å². The average molecular weight is 253 g/mol. The van der Waals surface area contributed by atoms with Crippen molar-refractivity contribution >= 4 is 17.4 Å². The van der Waals surface area contributed by atoms with Crippen LogP contribution in [0.2, 0.25) is 5.02 Å². The van der Waals surface area contributed by atoms with Crippen LogP contribution in [0.1, 0.15) is 11.1 Å². The normalized spacial score (nSPS) is 10.5. The van der Waals surface area contributed by atoms with Gasteiger partial charge in [-0.2, -0.15) is 5.10 Å². The molecule has 2 rings (SSSR count). The monoisotopic (exact) mass is 252 g/mol. The lowest BCUT2D eigenvalue weighted by Crippen LogP contribution is -2.15. The van der Waals surface area contributed by atoms with Crippen molar-refractivity contribution in [3.8, 4) is 0 Å². The number of aromatic nitrogens is 2. The van der Waals surface area contributed by atoms with Crippen LogP contribution in [0.25, 0.3) is 0 Å². The highest BCUT2D eigenvalue weighted by Gasteiger charge is 2.08. The Morgan fingerprint density at radius 1 is 1.53 bits per heavy atom. The van der Waals surface area contributed by atoms with E-state index in [1.54, 1.807) is 16.9 Å². The summed E-state index contributed by atoms with van der Waals surface area (Å²) in [7, 11) is 0. The van der Waals surface area contributed by atoms with E-state index in [1.165, 1.54) is 18.3 Å². The van der Waals surface area contributed by atoms with E-state index < -0.39 is 5.82 Å². The first-order valence-electron chi connectivity index (χ1n) is 4.87. The van der Waals surface area contributed by atoms with Gasteiger partial charge in [0.1, 0.15) is 11.7 Å². The summed E-state index contributed by atoms with van der Waals surface area (Å²) in [5, 5.41) is 11.9. The van der Waals surface area contributed by atoms with Crippen molar-refractivity contribution in [1.82, 2.24) is 9.78 Å². The number of nitrogens with zero attached hydrogens (tertiary/aromatic N) is 2. The number of hydrogen-bond acceptors (Lipinski definition) is 2. The number of rotatable bonds is 3. The van der Waals surface area contributed by atoms with Crippen LogP contribution in [0, 0.1) is 11.2 Å². The molecule has 0 saturated heterocycles. The predicted molar refractivity (Wildman–Crippen MR) is 63.8 cm³/mol. The molecule has 0 amide bonds. The van der Waals surface area contributed by atoms with Crippen molar-refractivity contribution in [2.24, 2.45) is 5.73 Å². The summed E-state index contributed by atoms with van der Waals surface area (Å²) in [6, 6.07) is 4.15. The Hall–Kier alpha value is -1.88. The van der Waals surface area contributed by atoms with Gasteiger partial charge >= 0.3 is 0 Å². The number of nitrogens with one attached hydrogen (secondary N) is 1. The lowest BCUT2D eigenvalue weighted by atomic mass is 10.1. The minimum absolute atomic E-state index is 0.169. The molecule has 0 fully saturated rings. The molecule has 0 aliphatic heterocycles. The number of hydrogen-bond donors (Lipinski definition) is 2. The molecular weight excluding hydrogens is 243 g/mol. The van der Waals surface area contributed by atoms with Crippen LogP contribution in [-0.2, 0) is 6.54 Å². The van der Waals surface area contributed by atoms with Crippen molar-refractivity contribution in [2.45, 2.75) is 6.54 Å². The molecule has 4 nitrogen and oxygen atoms in total. The highest BCUT2D eigenvalue weighted by molar-refractivity contribution is 6.30. The Morgan fingerprint density at radius 2 is 2.29 bits per heavy atom. The van der Waals surface area contributed by atoms with Crippen molar-refractivity contribution in [3.63, 3.8) is 0 Å². The highest BCUT2D eigenvalue weighted by Crippen LogP contribution is 2.13. The number of amidine groups is 1. The summed E-state index contributed by atoms with van der Waals surface area (Å²) in [4.78, 5) is 0. The van der Waals surface area contributed by atoms with E-state index >= 15 is 0 Å². The predicted octanol–water partition coefficient (Wildman–Crippen LogP) is 2.01. The number of benzene rings is 1. The third-order valence-electron chi connectivity index (χ3n) is 2.30. The fourth-order valence-electron chi connectivity index (χ4n) is 1.54. The summed E-state index contributed by atoms with van der Waals surface area (Å²) in [5.41, 5.74) is 6.50. The largest absolute Gasteiger partial charge is 0.384 e. The Bertz CT molecular complexity index is 564. The van der Waals surface area contributed by atoms with E-state index in [1.807, 2.05) is 0 Å². The molecule has 17 heavy (non-hydrogen) atoms. The van der Waals surface area contributed by atoms with Gasteiger partial charge in [-0.3, -0.25) is 10.1 Å². The molecule has 1 aromatic heterocycles. The van der Waals surface area contributed by atoms with E-state index in [9.17, 15) is 4.39 Å².